The summed E-state index contributed by atoms with van der Waals surface area (Å²) in [5.41, 5.74) is 1.69. The standard InChI is InChI=1S/C18H28N2/c1-17(2)13-16(14-18(3,4)20-17)19-12-8-11-15-9-6-5-7-10-15/h5-11,16,19-20H,12-14H2,1-4H3/b11-8+. The molecule has 1 heterocycles. The summed E-state index contributed by atoms with van der Waals surface area (Å²) in [5.74, 6) is 0. The van der Waals surface area contributed by atoms with Crippen LogP contribution >= 0.6 is 0 Å². The number of nitrogens with one attached hydrogen (secondary N) is 2. The lowest BCUT2D eigenvalue weighted by atomic mass is 9.79. The van der Waals surface area contributed by atoms with Crippen molar-refractivity contribution in [3.8, 4) is 0 Å². The van der Waals surface area contributed by atoms with Gasteiger partial charge in [-0.25, -0.2) is 0 Å². The van der Waals surface area contributed by atoms with Gasteiger partial charge in [0, 0.05) is 23.7 Å². The van der Waals surface area contributed by atoms with Crippen molar-refractivity contribution < 1.29 is 0 Å². The predicted molar refractivity (Wildman–Crippen MR) is 87.8 cm³/mol. The Labute approximate surface area is 123 Å². The van der Waals surface area contributed by atoms with Crippen molar-refractivity contribution in [2.24, 2.45) is 0 Å². The zero-order valence-electron chi connectivity index (χ0n) is 13.2. The Morgan fingerprint density at radius 2 is 1.70 bits per heavy atom. The van der Waals surface area contributed by atoms with Crippen molar-refractivity contribution in [2.45, 2.75) is 57.7 Å². The quantitative estimate of drug-likeness (QED) is 0.875. The summed E-state index contributed by atoms with van der Waals surface area (Å²) in [6.07, 6.45) is 6.76. The van der Waals surface area contributed by atoms with Crippen LogP contribution < -0.4 is 10.6 Å². The highest BCUT2D eigenvalue weighted by Gasteiger charge is 2.37. The van der Waals surface area contributed by atoms with Crippen molar-refractivity contribution in [1.29, 1.82) is 0 Å². The minimum absolute atomic E-state index is 0.211. The molecule has 2 N–H and O–H groups in total. The molecule has 0 saturated carbocycles. The van der Waals surface area contributed by atoms with E-state index in [-0.39, 0.29) is 11.1 Å². The third kappa shape index (κ3) is 4.77. The van der Waals surface area contributed by atoms with Crippen LogP contribution in [0.1, 0.15) is 46.1 Å². The van der Waals surface area contributed by atoms with Gasteiger partial charge in [0.15, 0.2) is 0 Å². The lowest BCUT2D eigenvalue weighted by Gasteiger charge is -2.46. The number of piperidine rings is 1. The maximum absolute atomic E-state index is 3.72. The Hall–Kier alpha value is -1.12. The molecule has 0 unspecified atom stereocenters. The minimum Gasteiger partial charge on any atom is -0.310 e. The summed E-state index contributed by atoms with van der Waals surface area (Å²) < 4.78 is 0. The summed E-state index contributed by atoms with van der Waals surface area (Å²) in [5, 5.41) is 7.40. The molecule has 1 saturated heterocycles. The second-order valence-electron chi connectivity index (χ2n) is 7.22. The average Bonchev–Trinajstić information content (AvgIpc) is 2.32. The Balaban J connectivity index is 1.83. The van der Waals surface area contributed by atoms with Gasteiger partial charge >= 0.3 is 0 Å². The Morgan fingerprint density at radius 1 is 1.10 bits per heavy atom. The summed E-state index contributed by atoms with van der Waals surface area (Å²) in [4.78, 5) is 0. The van der Waals surface area contributed by atoms with Crippen LogP contribution in [0, 0.1) is 0 Å². The highest BCUT2D eigenvalue weighted by Crippen LogP contribution is 2.28. The zero-order valence-corrected chi connectivity index (χ0v) is 13.2. The van der Waals surface area contributed by atoms with Crippen molar-refractivity contribution in [3.05, 3.63) is 42.0 Å². The Kier molecular flexibility index (Phi) is 4.66. The molecule has 110 valence electrons. The van der Waals surface area contributed by atoms with Gasteiger partial charge in [0.1, 0.15) is 0 Å². The van der Waals surface area contributed by atoms with Gasteiger partial charge in [0.25, 0.3) is 0 Å². The van der Waals surface area contributed by atoms with Gasteiger partial charge in [-0.15, -0.1) is 0 Å². The fraction of sp³-hybridized carbons (Fsp3) is 0.556. The molecule has 1 aliphatic heterocycles. The number of hydrogen-bond acceptors (Lipinski definition) is 2. The molecular formula is C18H28N2. The molecule has 0 radical (unpaired) electrons. The van der Waals surface area contributed by atoms with Crippen LogP contribution in [0.3, 0.4) is 0 Å². The first-order valence-electron chi connectivity index (χ1n) is 7.61. The molecular weight excluding hydrogens is 244 g/mol. The van der Waals surface area contributed by atoms with E-state index in [9.17, 15) is 0 Å². The average molecular weight is 272 g/mol. The summed E-state index contributed by atoms with van der Waals surface area (Å²) in [7, 11) is 0. The van der Waals surface area contributed by atoms with Crippen LogP contribution in [0.15, 0.2) is 36.4 Å². The number of rotatable bonds is 4. The molecule has 0 spiro atoms. The maximum atomic E-state index is 3.72. The molecule has 20 heavy (non-hydrogen) atoms. The van der Waals surface area contributed by atoms with E-state index in [0.29, 0.717) is 6.04 Å². The third-order valence-electron chi connectivity index (χ3n) is 3.82. The van der Waals surface area contributed by atoms with Gasteiger partial charge in [-0.1, -0.05) is 42.5 Å². The van der Waals surface area contributed by atoms with Crippen LogP contribution in [0.2, 0.25) is 0 Å². The van der Waals surface area contributed by atoms with Crippen molar-refractivity contribution in [2.75, 3.05) is 6.54 Å². The van der Waals surface area contributed by atoms with Crippen LogP contribution in [-0.2, 0) is 0 Å². The SMILES string of the molecule is CC1(C)CC(NC/C=C/c2ccccc2)CC(C)(C)N1. The monoisotopic (exact) mass is 272 g/mol. The predicted octanol–water partition coefficient (Wildman–Crippen LogP) is 3.60. The molecule has 0 aromatic heterocycles. The first-order chi connectivity index (χ1) is 9.36. The van der Waals surface area contributed by atoms with Crippen molar-refractivity contribution in [1.82, 2.24) is 10.6 Å². The molecule has 0 aliphatic carbocycles. The molecule has 0 amide bonds. The molecule has 2 rings (SSSR count). The van der Waals surface area contributed by atoms with Crippen LogP contribution in [0.4, 0.5) is 0 Å². The van der Waals surface area contributed by atoms with Crippen molar-refractivity contribution >= 4 is 6.08 Å². The van der Waals surface area contributed by atoms with E-state index in [0.717, 1.165) is 6.54 Å². The maximum Gasteiger partial charge on any atom is 0.0144 e. The first-order valence-corrected chi connectivity index (χ1v) is 7.61. The van der Waals surface area contributed by atoms with Gasteiger partial charge < -0.3 is 10.6 Å². The molecule has 1 aromatic rings. The van der Waals surface area contributed by atoms with E-state index in [1.165, 1.54) is 18.4 Å². The molecule has 1 aromatic carbocycles. The normalized spacial score (nSPS) is 22.2. The van der Waals surface area contributed by atoms with Crippen LogP contribution in [0.25, 0.3) is 6.08 Å². The molecule has 2 heteroatoms. The zero-order chi connectivity index (χ0) is 14.6. The van der Waals surface area contributed by atoms with Gasteiger partial charge in [-0.3, -0.25) is 0 Å². The molecule has 1 aliphatic rings. The van der Waals surface area contributed by atoms with Gasteiger partial charge in [-0.05, 0) is 46.1 Å². The van der Waals surface area contributed by atoms with E-state index < -0.39 is 0 Å². The molecule has 1 fully saturated rings. The molecule has 2 nitrogen and oxygen atoms in total. The topological polar surface area (TPSA) is 24.1 Å². The smallest absolute Gasteiger partial charge is 0.0144 e. The molecule has 0 atom stereocenters. The Bertz CT molecular complexity index is 430. The second kappa shape index (κ2) is 6.11. The van der Waals surface area contributed by atoms with Crippen LogP contribution in [0.5, 0.6) is 0 Å². The molecule has 0 bridgehead atoms. The Morgan fingerprint density at radius 3 is 2.30 bits per heavy atom. The van der Waals surface area contributed by atoms with Gasteiger partial charge in [0.05, 0.1) is 0 Å². The van der Waals surface area contributed by atoms with E-state index >= 15 is 0 Å². The van der Waals surface area contributed by atoms with E-state index in [4.69, 9.17) is 0 Å². The summed E-state index contributed by atoms with van der Waals surface area (Å²) in [6, 6.07) is 11.0. The summed E-state index contributed by atoms with van der Waals surface area (Å²) >= 11 is 0. The highest BCUT2D eigenvalue weighted by molar-refractivity contribution is 5.48. The van der Waals surface area contributed by atoms with Crippen molar-refractivity contribution in [3.63, 3.8) is 0 Å². The second-order valence-corrected chi connectivity index (χ2v) is 7.22. The third-order valence-corrected chi connectivity index (χ3v) is 3.82. The fourth-order valence-corrected chi connectivity index (χ4v) is 3.46. The number of hydrogen-bond donors (Lipinski definition) is 2. The number of benzene rings is 1. The first kappa shape index (κ1) is 15.3. The lowest BCUT2D eigenvalue weighted by molar-refractivity contribution is 0.148. The van der Waals surface area contributed by atoms with Gasteiger partial charge in [-0.2, -0.15) is 0 Å². The van der Waals surface area contributed by atoms with Crippen LogP contribution in [-0.4, -0.2) is 23.7 Å². The minimum atomic E-state index is 0.211. The van der Waals surface area contributed by atoms with E-state index in [1.807, 2.05) is 0 Å². The highest BCUT2D eigenvalue weighted by atomic mass is 15.1. The summed E-state index contributed by atoms with van der Waals surface area (Å²) in [6.45, 7) is 10.1. The largest absolute Gasteiger partial charge is 0.310 e. The van der Waals surface area contributed by atoms with E-state index in [1.54, 1.807) is 0 Å². The fourth-order valence-electron chi connectivity index (χ4n) is 3.46. The van der Waals surface area contributed by atoms with Gasteiger partial charge in [0.2, 0.25) is 0 Å². The lowest BCUT2D eigenvalue weighted by Crippen LogP contribution is -2.61. The van der Waals surface area contributed by atoms with E-state index in [2.05, 4.69) is 80.8 Å².